The van der Waals surface area contributed by atoms with Gasteiger partial charge in [0.25, 0.3) is 5.56 Å². The third-order valence-electron chi connectivity index (χ3n) is 2.72. The maximum absolute atomic E-state index is 11.5. The molecule has 0 aliphatic heterocycles. The maximum atomic E-state index is 11.5. The first-order chi connectivity index (χ1) is 9.43. The summed E-state index contributed by atoms with van der Waals surface area (Å²) in [5, 5.41) is 4.89. The first-order valence-electron chi connectivity index (χ1n) is 5.58. The van der Waals surface area contributed by atoms with Crippen LogP contribution in [0.2, 0.25) is 10.0 Å². The van der Waals surface area contributed by atoms with Crippen molar-refractivity contribution in [1.82, 2.24) is 9.78 Å². The van der Waals surface area contributed by atoms with E-state index in [4.69, 9.17) is 23.2 Å². The van der Waals surface area contributed by atoms with Gasteiger partial charge >= 0.3 is 6.09 Å². The maximum Gasteiger partial charge on any atom is 0.437 e. The Morgan fingerprint density at radius 2 is 1.85 bits per heavy atom. The van der Waals surface area contributed by atoms with Gasteiger partial charge in [-0.25, -0.2) is 4.79 Å². The number of methoxy groups -OCH3 is 1. The second kappa shape index (κ2) is 5.64. The molecule has 0 spiro atoms. The van der Waals surface area contributed by atoms with E-state index >= 15 is 0 Å². The van der Waals surface area contributed by atoms with Crippen molar-refractivity contribution in [3.8, 4) is 11.3 Å². The highest BCUT2D eigenvalue weighted by Crippen LogP contribution is 2.29. The lowest BCUT2D eigenvalue weighted by Gasteiger charge is -2.07. The van der Waals surface area contributed by atoms with E-state index in [2.05, 4.69) is 9.84 Å². The molecule has 1 aromatic heterocycles. The summed E-state index contributed by atoms with van der Waals surface area (Å²) in [5.41, 5.74) is 1.16. The van der Waals surface area contributed by atoms with Gasteiger partial charge in [0.05, 0.1) is 12.8 Å². The molecule has 0 bridgehead atoms. The van der Waals surface area contributed by atoms with Crippen LogP contribution in [-0.2, 0) is 4.74 Å². The minimum atomic E-state index is -0.860. The van der Waals surface area contributed by atoms with Crippen LogP contribution in [-0.4, -0.2) is 23.0 Å². The highest BCUT2D eigenvalue weighted by Gasteiger charge is 2.12. The van der Waals surface area contributed by atoms with Gasteiger partial charge in [-0.05, 0) is 30.7 Å². The average molecular weight is 313 g/mol. The number of halogens is 2. The highest BCUT2D eigenvalue weighted by molar-refractivity contribution is 6.36. The molecule has 1 heterocycles. The number of hydrogen-bond acceptors (Lipinski definition) is 4. The second-order valence-electron chi connectivity index (χ2n) is 4.00. The van der Waals surface area contributed by atoms with Crippen LogP contribution < -0.4 is 5.56 Å². The molecule has 0 atom stereocenters. The van der Waals surface area contributed by atoms with Crippen LogP contribution in [0, 0.1) is 6.92 Å². The monoisotopic (exact) mass is 312 g/mol. The van der Waals surface area contributed by atoms with Gasteiger partial charge in [0.1, 0.15) is 0 Å². The molecule has 0 radical (unpaired) electrons. The van der Waals surface area contributed by atoms with Gasteiger partial charge in [-0.1, -0.05) is 23.2 Å². The topological polar surface area (TPSA) is 61.2 Å². The van der Waals surface area contributed by atoms with Gasteiger partial charge in [-0.15, -0.1) is 4.68 Å². The fraction of sp³-hybridized carbons (Fsp3) is 0.154. The summed E-state index contributed by atoms with van der Waals surface area (Å²) in [7, 11) is 1.17. The van der Waals surface area contributed by atoms with Gasteiger partial charge in [0, 0.05) is 21.7 Å². The molecule has 0 unspecified atom stereocenters. The summed E-state index contributed by atoms with van der Waals surface area (Å²) in [4.78, 5) is 23.0. The van der Waals surface area contributed by atoms with Crippen molar-refractivity contribution in [2.75, 3.05) is 7.11 Å². The number of carbonyl (C=O) groups excluding carboxylic acids is 1. The van der Waals surface area contributed by atoms with Crippen molar-refractivity contribution in [1.29, 1.82) is 0 Å². The van der Waals surface area contributed by atoms with Crippen molar-refractivity contribution in [3.63, 3.8) is 0 Å². The third-order valence-corrected chi connectivity index (χ3v) is 3.51. The Labute approximate surface area is 124 Å². The van der Waals surface area contributed by atoms with E-state index in [1.807, 2.05) is 0 Å². The van der Waals surface area contributed by atoms with Crippen LogP contribution in [0.25, 0.3) is 11.3 Å². The molecule has 2 aromatic rings. The molecule has 104 valence electrons. The first-order valence-corrected chi connectivity index (χ1v) is 6.34. The summed E-state index contributed by atoms with van der Waals surface area (Å²) in [6.45, 7) is 1.79. The number of rotatable bonds is 1. The number of hydrogen-bond donors (Lipinski definition) is 0. The van der Waals surface area contributed by atoms with Crippen LogP contribution >= 0.6 is 23.2 Å². The molecule has 0 N–H and O–H groups in total. The molecule has 0 saturated heterocycles. The second-order valence-corrected chi connectivity index (χ2v) is 4.82. The van der Waals surface area contributed by atoms with Gasteiger partial charge in [-0.2, -0.15) is 5.10 Å². The first kappa shape index (κ1) is 14.6. The predicted octanol–water partition coefficient (Wildman–Crippen LogP) is 3.14. The Balaban J connectivity index is 2.59. The molecular weight excluding hydrogens is 303 g/mol. The fourth-order valence-corrected chi connectivity index (χ4v) is 2.06. The Kier molecular flexibility index (Phi) is 4.11. The van der Waals surface area contributed by atoms with Crippen molar-refractivity contribution < 1.29 is 9.53 Å². The standard InChI is InChI=1S/C13H10Cl2N2O3/c1-7-9(14)5-8(6-10(7)15)11-3-4-12(18)17(16-11)13(19)20-2/h3-6H,1-2H3. The lowest BCUT2D eigenvalue weighted by Crippen LogP contribution is -2.29. The van der Waals surface area contributed by atoms with E-state index in [0.29, 0.717) is 26.0 Å². The van der Waals surface area contributed by atoms with E-state index in [9.17, 15) is 9.59 Å². The summed E-state index contributed by atoms with van der Waals surface area (Å²) in [6, 6.07) is 6.04. The fourth-order valence-electron chi connectivity index (χ4n) is 1.58. The van der Waals surface area contributed by atoms with Gasteiger partial charge in [0.2, 0.25) is 0 Å². The Morgan fingerprint density at radius 1 is 1.25 bits per heavy atom. The van der Waals surface area contributed by atoms with Crippen molar-refractivity contribution in [2.45, 2.75) is 6.92 Å². The van der Waals surface area contributed by atoms with Crippen LogP contribution in [0.3, 0.4) is 0 Å². The van der Waals surface area contributed by atoms with Gasteiger partial charge in [-0.3, -0.25) is 4.79 Å². The van der Waals surface area contributed by atoms with Crippen molar-refractivity contribution >= 4 is 29.3 Å². The van der Waals surface area contributed by atoms with Crippen molar-refractivity contribution in [2.24, 2.45) is 0 Å². The highest BCUT2D eigenvalue weighted by atomic mass is 35.5. The van der Waals surface area contributed by atoms with Gasteiger partial charge < -0.3 is 4.74 Å². The number of aromatic nitrogens is 2. The summed E-state index contributed by atoms with van der Waals surface area (Å²) < 4.78 is 5.12. The van der Waals surface area contributed by atoms with E-state index < -0.39 is 11.7 Å². The minimum absolute atomic E-state index is 0.388. The number of carbonyl (C=O) groups is 1. The normalized spacial score (nSPS) is 10.4. The lowest BCUT2D eigenvalue weighted by atomic mass is 10.1. The summed E-state index contributed by atoms with van der Waals surface area (Å²) >= 11 is 12.1. The molecule has 20 heavy (non-hydrogen) atoms. The van der Waals surface area contributed by atoms with E-state index in [1.165, 1.54) is 19.2 Å². The van der Waals surface area contributed by atoms with Crippen molar-refractivity contribution in [3.05, 3.63) is 50.2 Å². The zero-order valence-electron chi connectivity index (χ0n) is 10.7. The average Bonchev–Trinajstić information content (AvgIpc) is 2.44. The minimum Gasteiger partial charge on any atom is -0.451 e. The molecule has 1 aromatic carbocycles. The molecule has 0 aliphatic carbocycles. The molecule has 2 rings (SSSR count). The molecule has 0 aliphatic rings. The largest absolute Gasteiger partial charge is 0.451 e. The Bertz CT molecular complexity index is 718. The predicted molar refractivity (Wildman–Crippen MR) is 76.5 cm³/mol. The smallest absolute Gasteiger partial charge is 0.437 e. The van der Waals surface area contributed by atoms with Crippen LogP contribution in [0.4, 0.5) is 4.79 Å². The van der Waals surface area contributed by atoms with E-state index in [-0.39, 0.29) is 0 Å². The molecule has 7 heteroatoms. The van der Waals surface area contributed by atoms with Gasteiger partial charge in [0.15, 0.2) is 0 Å². The molecule has 5 nitrogen and oxygen atoms in total. The van der Waals surface area contributed by atoms with Crippen LogP contribution in [0.5, 0.6) is 0 Å². The number of nitrogens with zero attached hydrogens (tertiary/aromatic N) is 2. The van der Waals surface area contributed by atoms with Crippen LogP contribution in [0.15, 0.2) is 29.1 Å². The SMILES string of the molecule is COC(=O)n1nc(-c2cc(Cl)c(C)c(Cl)c2)ccc1=O. The van der Waals surface area contributed by atoms with E-state index in [1.54, 1.807) is 19.1 Å². The Morgan fingerprint density at radius 3 is 2.40 bits per heavy atom. The lowest BCUT2D eigenvalue weighted by molar-refractivity contribution is 0.167. The van der Waals surface area contributed by atoms with E-state index in [0.717, 1.165) is 5.56 Å². The number of ether oxygens (including phenoxy) is 1. The van der Waals surface area contributed by atoms with Crippen LogP contribution in [0.1, 0.15) is 5.56 Å². The molecule has 0 amide bonds. The summed E-state index contributed by atoms with van der Waals surface area (Å²) in [6.07, 6.45) is -0.860. The Hall–Kier alpha value is -1.85. The quantitative estimate of drug-likeness (QED) is 0.811. The number of benzene rings is 1. The molecular formula is C13H10Cl2N2O3. The zero-order valence-corrected chi connectivity index (χ0v) is 12.2. The third kappa shape index (κ3) is 2.69. The zero-order chi connectivity index (χ0) is 14.9. The molecule has 0 saturated carbocycles. The molecule has 0 fully saturated rings. The summed E-state index contributed by atoms with van der Waals surface area (Å²) in [5.74, 6) is 0.